The van der Waals surface area contributed by atoms with Gasteiger partial charge in [-0.25, -0.2) is 0 Å². The highest BCUT2D eigenvalue weighted by Crippen LogP contribution is 2.42. The molecule has 2 heteroatoms. The second kappa shape index (κ2) is 8.82. The highest BCUT2D eigenvalue weighted by atomic mass is 15.0. The van der Waals surface area contributed by atoms with E-state index in [0.29, 0.717) is 0 Å². The number of aromatic nitrogens is 2. The molecule has 0 aliphatic rings. The molecule has 10 rings (SSSR count). The Bertz CT molecular complexity index is 2610. The average Bonchev–Trinajstić information content (AvgIpc) is 3.73. The zero-order chi connectivity index (χ0) is 28.8. The number of fused-ring (bicyclic) bond motifs is 9. The van der Waals surface area contributed by atoms with E-state index in [9.17, 15) is 0 Å². The Morgan fingerprint density at radius 3 is 1.39 bits per heavy atom. The maximum absolute atomic E-state index is 2.44. The Hall–Kier alpha value is -5.86. The van der Waals surface area contributed by atoms with Crippen molar-refractivity contribution < 1.29 is 0 Å². The molecule has 0 bridgehead atoms. The summed E-state index contributed by atoms with van der Waals surface area (Å²) < 4.78 is 4.81. The molecule has 0 N–H and O–H groups in total. The molecule has 2 nitrogen and oxygen atoms in total. The van der Waals surface area contributed by atoms with Crippen molar-refractivity contribution in [1.29, 1.82) is 0 Å². The van der Waals surface area contributed by atoms with Crippen LogP contribution in [-0.2, 0) is 0 Å². The summed E-state index contributed by atoms with van der Waals surface area (Å²) in [6.45, 7) is 0. The molecule has 0 aliphatic heterocycles. The monoisotopic (exact) mass is 558 g/mol. The van der Waals surface area contributed by atoms with Crippen molar-refractivity contribution in [3.63, 3.8) is 0 Å². The number of hydrogen-bond donors (Lipinski definition) is 0. The Morgan fingerprint density at radius 2 is 0.750 bits per heavy atom. The summed E-state index contributed by atoms with van der Waals surface area (Å²) in [5.41, 5.74) is 12.4. The van der Waals surface area contributed by atoms with Crippen molar-refractivity contribution >= 4 is 59.9 Å². The molecular formula is C42H26N2. The lowest BCUT2D eigenvalue weighted by atomic mass is 9.96. The van der Waals surface area contributed by atoms with Crippen molar-refractivity contribution in [1.82, 2.24) is 8.97 Å². The van der Waals surface area contributed by atoms with Gasteiger partial charge in [0, 0.05) is 38.0 Å². The van der Waals surface area contributed by atoms with Crippen molar-refractivity contribution in [2.45, 2.75) is 0 Å². The van der Waals surface area contributed by atoms with Gasteiger partial charge in [-0.3, -0.25) is 0 Å². The van der Waals surface area contributed by atoms with Crippen LogP contribution in [-0.4, -0.2) is 8.97 Å². The Balaban J connectivity index is 1.12. The number of rotatable bonds is 3. The van der Waals surface area contributed by atoms with E-state index in [4.69, 9.17) is 0 Å². The molecule has 0 saturated heterocycles. The van der Waals surface area contributed by atoms with Crippen LogP contribution in [0.5, 0.6) is 0 Å². The molecule has 0 saturated carbocycles. The molecule has 204 valence electrons. The van der Waals surface area contributed by atoms with Gasteiger partial charge in [0.15, 0.2) is 0 Å². The lowest BCUT2D eigenvalue weighted by Crippen LogP contribution is -1.92. The van der Waals surface area contributed by atoms with Gasteiger partial charge < -0.3 is 8.97 Å². The summed E-state index contributed by atoms with van der Waals surface area (Å²) >= 11 is 0. The Kier molecular flexibility index (Phi) is 4.75. The fourth-order valence-corrected chi connectivity index (χ4v) is 7.48. The van der Waals surface area contributed by atoms with Gasteiger partial charge in [-0.1, -0.05) is 103 Å². The van der Waals surface area contributed by atoms with Gasteiger partial charge in [-0.05, 0) is 76.9 Å². The minimum atomic E-state index is 1.18. The second-order valence-electron chi connectivity index (χ2n) is 11.8. The third-order valence-corrected chi connectivity index (χ3v) is 9.44. The van der Waals surface area contributed by atoms with Crippen LogP contribution in [0.3, 0.4) is 0 Å². The van der Waals surface area contributed by atoms with Gasteiger partial charge in [0.25, 0.3) is 0 Å². The van der Waals surface area contributed by atoms with Crippen LogP contribution in [0.25, 0.3) is 87.8 Å². The van der Waals surface area contributed by atoms with E-state index in [1.807, 2.05) is 0 Å². The van der Waals surface area contributed by atoms with Gasteiger partial charge in [0.05, 0.1) is 27.6 Å². The topological polar surface area (TPSA) is 9.34 Å². The van der Waals surface area contributed by atoms with Gasteiger partial charge in [-0.2, -0.15) is 0 Å². The van der Waals surface area contributed by atoms with E-state index >= 15 is 0 Å². The minimum Gasteiger partial charge on any atom is -0.309 e. The molecule has 0 unspecified atom stereocenters. The van der Waals surface area contributed by atoms with Gasteiger partial charge in [-0.15, -0.1) is 0 Å². The van der Waals surface area contributed by atoms with Crippen LogP contribution < -0.4 is 0 Å². The third kappa shape index (κ3) is 3.20. The van der Waals surface area contributed by atoms with Crippen LogP contribution in [0.15, 0.2) is 158 Å². The normalized spacial score (nSPS) is 12.1. The lowest BCUT2D eigenvalue weighted by Gasteiger charge is -2.09. The molecule has 3 heterocycles. The fourth-order valence-electron chi connectivity index (χ4n) is 7.48. The number of benzene rings is 7. The van der Waals surface area contributed by atoms with Crippen LogP contribution in [0.1, 0.15) is 0 Å². The van der Waals surface area contributed by atoms with Gasteiger partial charge in [0.1, 0.15) is 0 Å². The van der Waals surface area contributed by atoms with E-state index in [1.165, 1.54) is 87.8 Å². The second-order valence-corrected chi connectivity index (χ2v) is 11.8. The number of nitrogens with zero attached hydrogens (tertiary/aromatic N) is 2. The molecule has 0 amide bonds. The molecule has 44 heavy (non-hydrogen) atoms. The largest absolute Gasteiger partial charge is 0.309 e. The van der Waals surface area contributed by atoms with E-state index < -0.39 is 0 Å². The first kappa shape index (κ1) is 23.7. The Labute approximate surface area is 254 Å². The first-order valence-corrected chi connectivity index (χ1v) is 15.2. The maximum atomic E-state index is 2.44. The predicted octanol–water partition coefficient (Wildman–Crippen LogP) is 11.3. The van der Waals surface area contributed by atoms with Gasteiger partial charge in [0.2, 0.25) is 0 Å². The van der Waals surface area contributed by atoms with E-state index in [-0.39, 0.29) is 0 Å². The minimum absolute atomic E-state index is 1.18. The van der Waals surface area contributed by atoms with Crippen LogP contribution in [0, 0.1) is 0 Å². The summed E-state index contributed by atoms with van der Waals surface area (Å²) in [6, 6.07) is 57.7. The van der Waals surface area contributed by atoms with Crippen LogP contribution >= 0.6 is 0 Å². The lowest BCUT2D eigenvalue weighted by molar-refractivity contribution is 1.18. The summed E-state index contributed by atoms with van der Waals surface area (Å²) in [7, 11) is 0. The highest BCUT2D eigenvalue weighted by molar-refractivity contribution is 6.24. The zero-order valence-corrected chi connectivity index (χ0v) is 23.9. The fraction of sp³-hybridized carbons (Fsp3) is 0. The molecule has 0 atom stereocenters. The molecular weight excluding hydrogens is 532 g/mol. The van der Waals surface area contributed by atoms with Crippen LogP contribution in [0.4, 0.5) is 0 Å². The molecule has 10 aromatic rings. The van der Waals surface area contributed by atoms with E-state index in [0.717, 1.165) is 0 Å². The molecule has 7 aromatic carbocycles. The van der Waals surface area contributed by atoms with Crippen molar-refractivity contribution in [2.75, 3.05) is 0 Å². The first-order chi connectivity index (χ1) is 21.8. The standard InChI is InChI=1S/C42H26N2/c1-2-10-31(11-3-1)43-38-15-7-4-12-32(38)35-24-29(22-23-41(35)43)27-18-20-28(21-19-27)30-25-36-33-13-5-8-16-39(33)44-40-17-9-6-14-34(40)37(26-30)42(36)44/h1-26H. The van der Waals surface area contributed by atoms with E-state index in [2.05, 4.69) is 167 Å². The number of hydrogen-bond acceptors (Lipinski definition) is 0. The predicted molar refractivity (Wildman–Crippen MR) is 186 cm³/mol. The molecule has 0 aliphatic carbocycles. The molecule has 0 spiro atoms. The molecule has 3 aromatic heterocycles. The van der Waals surface area contributed by atoms with Crippen LogP contribution in [0.2, 0.25) is 0 Å². The first-order valence-electron chi connectivity index (χ1n) is 15.2. The average molecular weight is 559 g/mol. The summed E-state index contributed by atoms with van der Waals surface area (Å²) in [4.78, 5) is 0. The van der Waals surface area contributed by atoms with Gasteiger partial charge >= 0.3 is 0 Å². The maximum Gasteiger partial charge on any atom is 0.0620 e. The SMILES string of the molecule is c1ccc(-n2c3ccccc3c3cc(-c4ccc(-c5cc6c7ccccc7n7c8ccccc8c(c5)c67)cc4)ccc32)cc1. The van der Waals surface area contributed by atoms with Crippen molar-refractivity contribution in [3.05, 3.63) is 158 Å². The molecule has 0 fully saturated rings. The Morgan fingerprint density at radius 1 is 0.295 bits per heavy atom. The van der Waals surface area contributed by atoms with Crippen molar-refractivity contribution in [2.24, 2.45) is 0 Å². The summed E-state index contributed by atoms with van der Waals surface area (Å²) in [5, 5.41) is 7.78. The number of para-hydroxylation sites is 4. The smallest absolute Gasteiger partial charge is 0.0620 e. The quantitative estimate of drug-likeness (QED) is 0.204. The molecule has 0 radical (unpaired) electrons. The summed E-state index contributed by atoms with van der Waals surface area (Å²) in [6.07, 6.45) is 0. The van der Waals surface area contributed by atoms with Crippen molar-refractivity contribution in [3.8, 4) is 27.9 Å². The van der Waals surface area contributed by atoms with E-state index in [1.54, 1.807) is 0 Å². The highest BCUT2D eigenvalue weighted by Gasteiger charge is 2.18. The summed E-state index contributed by atoms with van der Waals surface area (Å²) in [5.74, 6) is 0. The zero-order valence-electron chi connectivity index (χ0n) is 23.9. The third-order valence-electron chi connectivity index (χ3n) is 9.44.